The lowest BCUT2D eigenvalue weighted by Crippen LogP contribution is -2.48. The van der Waals surface area contributed by atoms with Crippen LogP contribution in [0.25, 0.3) is 0 Å². The van der Waals surface area contributed by atoms with Gasteiger partial charge in [-0.3, -0.25) is 9.59 Å². The summed E-state index contributed by atoms with van der Waals surface area (Å²) in [5.74, 6) is -0.728. The minimum atomic E-state index is -3.93. The third-order valence-corrected chi connectivity index (χ3v) is 8.02. The summed E-state index contributed by atoms with van der Waals surface area (Å²) in [7, 11) is -3.93. The highest BCUT2D eigenvalue weighted by molar-refractivity contribution is 7.89. The van der Waals surface area contributed by atoms with Gasteiger partial charge < -0.3 is 15.0 Å². The van der Waals surface area contributed by atoms with E-state index < -0.39 is 27.6 Å². The number of hydrogen-bond donors (Lipinski definition) is 2. The third kappa shape index (κ3) is 7.25. The van der Waals surface area contributed by atoms with Gasteiger partial charge in [-0.25, -0.2) is 8.42 Å². The molecule has 2 fully saturated rings. The van der Waals surface area contributed by atoms with E-state index in [9.17, 15) is 18.0 Å². The molecule has 2 saturated heterocycles. The van der Waals surface area contributed by atoms with Crippen LogP contribution in [0.2, 0.25) is 0 Å². The summed E-state index contributed by atoms with van der Waals surface area (Å²) in [5, 5.41) is 3.40. The van der Waals surface area contributed by atoms with Crippen LogP contribution in [-0.2, 0) is 24.3 Å². The zero-order chi connectivity index (χ0) is 24.1. The molecule has 33 heavy (non-hydrogen) atoms. The van der Waals surface area contributed by atoms with Crippen LogP contribution in [0.15, 0.2) is 35.2 Å². The third-order valence-electron chi connectivity index (χ3n) is 6.53. The number of amides is 1. The molecule has 1 amide bonds. The highest BCUT2D eigenvalue weighted by Gasteiger charge is 2.37. The van der Waals surface area contributed by atoms with Crippen molar-refractivity contribution in [2.24, 2.45) is 5.41 Å². The number of hydrogen-bond acceptors (Lipinski definition) is 6. The number of ether oxygens (including phenoxy) is 1. The van der Waals surface area contributed by atoms with Gasteiger partial charge in [-0.05, 0) is 83.5 Å². The van der Waals surface area contributed by atoms with Crippen molar-refractivity contribution < 1.29 is 22.7 Å². The first-order chi connectivity index (χ1) is 15.5. The van der Waals surface area contributed by atoms with Gasteiger partial charge in [-0.2, -0.15) is 4.72 Å². The number of carbonyl (C=O) groups is 2. The molecule has 1 spiro atoms. The van der Waals surface area contributed by atoms with Gasteiger partial charge in [0.2, 0.25) is 15.9 Å². The van der Waals surface area contributed by atoms with E-state index in [1.54, 1.807) is 39.0 Å². The second-order valence-corrected chi connectivity index (χ2v) is 11.9. The molecule has 3 rings (SSSR count). The molecule has 2 aliphatic rings. The highest BCUT2D eigenvalue weighted by atomic mass is 32.2. The van der Waals surface area contributed by atoms with Crippen LogP contribution in [0, 0.1) is 5.41 Å². The average molecular weight is 480 g/mol. The van der Waals surface area contributed by atoms with E-state index in [2.05, 4.69) is 10.0 Å². The lowest BCUT2D eigenvalue weighted by atomic mass is 9.71. The molecule has 0 saturated carbocycles. The second kappa shape index (κ2) is 10.5. The Kier molecular flexibility index (Phi) is 8.18. The fourth-order valence-corrected chi connectivity index (χ4v) is 5.81. The summed E-state index contributed by atoms with van der Waals surface area (Å²) in [4.78, 5) is 27.6. The summed E-state index contributed by atoms with van der Waals surface area (Å²) >= 11 is 0. The smallest absolute Gasteiger partial charge is 0.324 e. The number of esters is 1. The monoisotopic (exact) mass is 479 g/mol. The Morgan fingerprint density at radius 2 is 1.70 bits per heavy atom. The minimum absolute atomic E-state index is 0.0470. The molecule has 2 aliphatic heterocycles. The first kappa shape index (κ1) is 25.6. The largest absolute Gasteiger partial charge is 0.459 e. The quantitative estimate of drug-likeness (QED) is 0.582. The van der Waals surface area contributed by atoms with Crippen molar-refractivity contribution in [1.29, 1.82) is 0 Å². The van der Waals surface area contributed by atoms with Crippen molar-refractivity contribution in [3.63, 3.8) is 0 Å². The molecule has 8 nitrogen and oxygen atoms in total. The van der Waals surface area contributed by atoms with Gasteiger partial charge >= 0.3 is 5.97 Å². The van der Waals surface area contributed by atoms with Crippen molar-refractivity contribution in [1.82, 2.24) is 14.9 Å². The summed E-state index contributed by atoms with van der Waals surface area (Å²) < 4.78 is 33.5. The van der Waals surface area contributed by atoms with Crippen molar-refractivity contribution in [3.8, 4) is 0 Å². The molecule has 0 aromatic heterocycles. The molecule has 0 unspecified atom stereocenters. The standard InChI is InChI=1S/C24H37N3O5S/c1-23(2,3)32-22(29)20(26-33(30,31)19-7-5-4-6-8-19)9-10-21(28)27-17-13-24(14-18-27)11-15-25-16-12-24/h4-8,20,25-26H,9-18H2,1-3H3/t20-/m0/s1. The lowest BCUT2D eigenvalue weighted by molar-refractivity contribution is -0.157. The molecule has 9 heteroatoms. The number of nitrogens with one attached hydrogen (secondary N) is 2. The topological polar surface area (TPSA) is 105 Å². The number of nitrogens with zero attached hydrogens (tertiary/aromatic N) is 1. The van der Waals surface area contributed by atoms with Crippen LogP contribution in [0.5, 0.6) is 0 Å². The first-order valence-corrected chi connectivity index (χ1v) is 13.3. The van der Waals surface area contributed by atoms with Gasteiger partial charge in [-0.1, -0.05) is 18.2 Å². The number of piperidine rings is 2. The molecule has 0 radical (unpaired) electrons. The number of benzene rings is 1. The van der Waals surface area contributed by atoms with Crippen molar-refractivity contribution in [3.05, 3.63) is 30.3 Å². The van der Waals surface area contributed by atoms with E-state index in [-0.39, 0.29) is 23.6 Å². The van der Waals surface area contributed by atoms with E-state index in [1.807, 2.05) is 4.90 Å². The molecular weight excluding hydrogens is 442 g/mol. The zero-order valence-corrected chi connectivity index (χ0v) is 20.7. The highest BCUT2D eigenvalue weighted by Crippen LogP contribution is 2.39. The zero-order valence-electron chi connectivity index (χ0n) is 19.9. The van der Waals surface area contributed by atoms with Crippen LogP contribution in [0.1, 0.15) is 59.3 Å². The van der Waals surface area contributed by atoms with Crippen LogP contribution in [0.3, 0.4) is 0 Å². The van der Waals surface area contributed by atoms with Gasteiger partial charge in [-0.15, -0.1) is 0 Å². The molecule has 1 aromatic carbocycles. The first-order valence-electron chi connectivity index (χ1n) is 11.8. The van der Waals surface area contributed by atoms with Crippen LogP contribution in [-0.4, -0.2) is 63.0 Å². The Labute approximate surface area is 197 Å². The fourth-order valence-electron chi connectivity index (χ4n) is 4.57. The normalized spacial score (nSPS) is 19.8. The second-order valence-electron chi connectivity index (χ2n) is 10.2. The van der Waals surface area contributed by atoms with Crippen molar-refractivity contribution in [2.75, 3.05) is 26.2 Å². The number of likely N-dealkylation sites (tertiary alicyclic amines) is 1. The maximum absolute atomic E-state index is 12.9. The van der Waals surface area contributed by atoms with Crippen LogP contribution in [0.4, 0.5) is 0 Å². The molecule has 0 aliphatic carbocycles. The Morgan fingerprint density at radius 3 is 2.27 bits per heavy atom. The van der Waals surface area contributed by atoms with Crippen LogP contribution >= 0.6 is 0 Å². The summed E-state index contributed by atoms with van der Waals surface area (Å²) in [6.45, 7) is 8.67. The molecule has 2 heterocycles. The average Bonchev–Trinajstić information content (AvgIpc) is 2.77. The number of rotatable bonds is 7. The van der Waals surface area contributed by atoms with Gasteiger partial charge in [0.25, 0.3) is 0 Å². The summed E-state index contributed by atoms with van der Waals surface area (Å²) in [6.07, 6.45) is 4.42. The number of sulfonamides is 1. The molecule has 0 bridgehead atoms. The Morgan fingerprint density at radius 1 is 1.09 bits per heavy atom. The molecule has 1 atom stereocenters. The Bertz CT molecular complexity index is 911. The van der Waals surface area contributed by atoms with Crippen molar-refractivity contribution >= 4 is 21.9 Å². The minimum Gasteiger partial charge on any atom is -0.459 e. The Balaban J connectivity index is 1.62. The SMILES string of the molecule is CC(C)(C)OC(=O)[C@H](CCC(=O)N1CCC2(CCNCC2)CC1)NS(=O)(=O)c1ccccc1. The lowest BCUT2D eigenvalue weighted by Gasteiger charge is -2.44. The maximum Gasteiger partial charge on any atom is 0.324 e. The van der Waals surface area contributed by atoms with Gasteiger partial charge in [0.05, 0.1) is 4.90 Å². The van der Waals surface area contributed by atoms with Gasteiger partial charge in [0.1, 0.15) is 11.6 Å². The van der Waals surface area contributed by atoms with E-state index in [0.29, 0.717) is 18.5 Å². The maximum atomic E-state index is 12.9. The van der Waals surface area contributed by atoms with E-state index in [0.717, 1.165) is 38.8 Å². The summed E-state index contributed by atoms with van der Waals surface area (Å²) in [5.41, 5.74) is -0.431. The number of carbonyl (C=O) groups excluding carboxylic acids is 2. The predicted octanol–water partition coefficient (Wildman–Crippen LogP) is 2.45. The summed E-state index contributed by atoms with van der Waals surface area (Å²) in [6, 6.07) is 6.74. The van der Waals surface area contributed by atoms with E-state index >= 15 is 0 Å². The van der Waals surface area contributed by atoms with Crippen molar-refractivity contribution in [2.45, 2.75) is 75.8 Å². The molecule has 184 valence electrons. The van der Waals surface area contributed by atoms with Gasteiger partial charge in [0, 0.05) is 19.5 Å². The van der Waals surface area contributed by atoms with Gasteiger partial charge in [0.15, 0.2) is 0 Å². The molecule has 2 N–H and O–H groups in total. The predicted molar refractivity (Wildman–Crippen MR) is 126 cm³/mol. The fraction of sp³-hybridized carbons (Fsp3) is 0.667. The van der Waals surface area contributed by atoms with E-state index in [4.69, 9.17) is 4.74 Å². The van der Waals surface area contributed by atoms with Crippen LogP contribution < -0.4 is 10.0 Å². The molecule has 1 aromatic rings. The Hall–Kier alpha value is -1.97. The molecular formula is C24H37N3O5S. The van der Waals surface area contributed by atoms with E-state index in [1.165, 1.54) is 12.1 Å².